The molecule has 0 amide bonds. The second-order valence-corrected chi connectivity index (χ2v) is 7.77. The number of carbonyl (C=O) groups is 1. The SMILES string of the molecule is COCCN(CCOC)Cc1cc2cc(CC(=O)c3ccccc3Br)cnc2[nH]1. The highest BCUT2D eigenvalue weighted by atomic mass is 79.9. The lowest BCUT2D eigenvalue weighted by Gasteiger charge is -2.20. The van der Waals surface area contributed by atoms with Crippen molar-refractivity contribution in [3.63, 3.8) is 0 Å². The highest BCUT2D eigenvalue weighted by molar-refractivity contribution is 9.10. The normalized spacial score (nSPS) is 11.4. The Morgan fingerprint density at radius 3 is 2.55 bits per heavy atom. The molecule has 0 aliphatic heterocycles. The third-order valence-electron chi connectivity index (χ3n) is 4.74. The van der Waals surface area contributed by atoms with E-state index in [0.29, 0.717) is 25.2 Å². The molecule has 2 aromatic heterocycles. The van der Waals surface area contributed by atoms with Gasteiger partial charge in [0.1, 0.15) is 5.65 Å². The first kappa shape index (κ1) is 21.6. The lowest BCUT2D eigenvalue weighted by atomic mass is 10.0. The molecule has 1 aromatic carbocycles. The molecule has 0 saturated heterocycles. The van der Waals surface area contributed by atoms with Gasteiger partial charge in [0.25, 0.3) is 0 Å². The van der Waals surface area contributed by atoms with Crippen LogP contribution in [0, 0.1) is 0 Å². The van der Waals surface area contributed by atoms with Crippen LogP contribution in [0.5, 0.6) is 0 Å². The number of nitrogens with zero attached hydrogens (tertiary/aromatic N) is 2. The van der Waals surface area contributed by atoms with Crippen LogP contribution < -0.4 is 0 Å². The number of carbonyl (C=O) groups excluding carboxylic acids is 1. The molecule has 1 N–H and O–H groups in total. The third-order valence-corrected chi connectivity index (χ3v) is 5.43. The minimum Gasteiger partial charge on any atom is -0.383 e. The zero-order chi connectivity index (χ0) is 20.6. The number of pyridine rings is 1. The number of halogens is 1. The van der Waals surface area contributed by atoms with Crippen molar-refractivity contribution in [3.05, 3.63) is 63.9 Å². The number of methoxy groups -OCH3 is 2. The number of fused-ring (bicyclic) bond motifs is 1. The van der Waals surface area contributed by atoms with Crippen LogP contribution >= 0.6 is 15.9 Å². The molecule has 3 aromatic rings. The second kappa shape index (κ2) is 10.6. The Kier molecular flexibility index (Phi) is 7.94. The van der Waals surface area contributed by atoms with E-state index >= 15 is 0 Å². The number of aromatic amines is 1. The minimum atomic E-state index is 0.0692. The average Bonchev–Trinajstić information content (AvgIpc) is 3.11. The second-order valence-electron chi connectivity index (χ2n) is 6.92. The van der Waals surface area contributed by atoms with Crippen LogP contribution in [0.2, 0.25) is 0 Å². The van der Waals surface area contributed by atoms with Crippen molar-refractivity contribution in [1.29, 1.82) is 0 Å². The van der Waals surface area contributed by atoms with Gasteiger partial charge >= 0.3 is 0 Å². The van der Waals surface area contributed by atoms with Gasteiger partial charge in [0.05, 0.1) is 13.2 Å². The molecule has 0 spiro atoms. The zero-order valence-electron chi connectivity index (χ0n) is 16.8. The smallest absolute Gasteiger partial charge is 0.168 e. The van der Waals surface area contributed by atoms with Crippen LogP contribution in [0.4, 0.5) is 0 Å². The molecule has 0 radical (unpaired) electrons. The molecule has 0 aliphatic rings. The average molecular weight is 460 g/mol. The first-order valence-electron chi connectivity index (χ1n) is 9.55. The largest absolute Gasteiger partial charge is 0.383 e. The van der Waals surface area contributed by atoms with E-state index in [1.54, 1.807) is 20.4 Å². The summed E-state index contributed by atoms with van der Waals surface area (Å²) in [4.78, 5) is 22.8. The van der Waals surface area contributed by atoms with Gasteiger partial charge in [-0.3, -0.25) is 9.69 Å². The van der Waals surface area contributed by atoms with Crippen molar-refractivity contribution in [1.82, 2.24) is 14.9 Å². The van der Waals surface area contributed by atoms with E-state index in [1.165, 1.54) is 0 Å². The number of ketones is 1. The third kappa shape index (κ3) is 5.96. The predicted octanol–water partition coefficient (Wildman–Crippen LogP) is 3.85. The Morgan fingerprint density at radius 2 is 1.86 bits per heavy atom. The predicted molar refractivity (Wildman–Crippen MR) is 117 cm³/mol. The summed E-state index contributed by atoms with van der Waals surface area (Å²) in [6.45, 7) is 3.75. The number of hydrogen-bond donors (Lipinski definition) is 1. The number of hydrogen-bond acceptors (Lipinski definition) is 5. The molecule has 29 heavy (non-hydrogen) atoms. The van der Waals surface area contributed by atoms with Crippen molar-refractivity contribution < 1.29 is 14.3 Å². The van der Waals surface area contributed by atoms with Crippen LogP contribution in [0.25, 0.3) is 11.0 Å². The van der Waals surface area contributed by atoms with E-state index in [2.05, 4.69) is 36.9 Å². The Hall–Kier alpha value is -2.06. The van der Waals surface area contributed by atoms with Gasteiger partial charge in [-0.1, -0.05) is 34.1 Å². The Labute approximate surface area is 179 Å². The van der Waals surface area contributed by atoms with Gasteiger partial charge < -0.3 is 14.5 Å². The van der Waals surface area contributed by atoms with Crippen molar-refractivity contribution in [3.8, 4) is 0 Å². The van der Waals surface area contributed by atoms with Gasteiger partial charge in [-0.2, -0.15) is 0 Å². The first-order chi connectivity index (χ1) is 14.1. The van der Waals surface area contributed by atoms with Crippen LogP contribution in [-0.2, 0) is 22.4 Å². The summed E-state index contributed by atoms with van der Waals surface area (Å²) in [5.74, 6) is 0.0692. The van der Waals surface area contributed by atoms with Gasteiger partial charge in [0.2, 0.25) is 0 Å². The van der Waals surface area contributed by atoms with E-state index in [4.69, 9.17) is 9.47 Å². The minimum absolute atomic E-state index is 0.0692. The summed E-state index contributed by atoms with van der Waals surface area (Å²) in [6, 6.07) is 11.6. The first-order valence-corrected chi connectivity index (χ1v) is 10.3. The van der Waals surface area contributed by atoms with Crippen molar-refractivity contribution in [2.75, 3.05) is 40.5 Å². The molecule has 2 heterocycles. The molecule has 0 aliphatic carbocycles. The number of H-pyrrole nitrogens is 1. The summed E-state index contributed by atoms with van der Waals surface area (Å²) in [7, 11) is 3.41. The molecular formula is C22H26BrN3O3. The van der Waals surface area contributed by atoms with E-state index in [-0.39, 0.29) is 5.78 Å². The van der Waals surface area contributed by atoms with E-state index in [0.717, 1.165) is 46.4 Å². The molecular weight excluding hydrogens is 434 g/mol. The molecule has 0 bridgehead atoms. The van der Waals surface area contributed by atoms with E-state index < -0.39 is 0 Å². The number of Topliss-reactive ketones (excluding diaryl/α,β-unsaturated/α-hetero) is 1. The Balaban J connectivity index is 1.72. The lowest BCUT2D eigenvalue weighted by Crippen LogP contribution is -2.30. The fourth-order valence-corrected chi connectivity index (χ4v) is 3.73. The van der Waals surface area contributed by atoms with Gasteiger partial charge in [0, 0.05) is 67.6 Å². The maximum atomic E-state index is 12.6. The number of ether oxygens (including phenoxy) is 2. The van der Waals surface area contributed by atoms with Crippen LogP contribution in [0.15, 0.2) is 47.1 Å². The molecule has 154 valence electrons. The molecule has 0 saturated carbocycles. The number of rotatable bonds is 11. The zero-order valence-corrected chi connectivity index (χ0v) is 18.4. The molecule has 3 rings (SSSR count). The highest BCUT2D eigenvalue weighted by Gasteiger charge is 2.13. The summed E-state index contributed by atoms with van der Waals surface area (Å²) in [6.07, 6.45) is 2.09. The molecule has 0 atom stereocenters. The monoisotopic (exact) mass is 459 g/mol. The van der Waals surface area contributed by atoms with Crippen molar-refractivity contribution in [2.24, 2.45) is 0 Å². The molecule has 0 unspecified atom stereocenters. The maximum absolute atomic E-state index is 12.6. The van der Waals surface area contributed by atoms with Gasteiger partial charge in [-0.25, -0.2) is 4.98 Å². The van der Waals surface area contributed by atoms with Crippen LogP contribution in [0.3, 0.4) is 0 Å². The lowest BCUT2D eigenvalue weighted by molar-refractivity contribution is 0.0992. The number of benzene rings is 1. The number of aromatic nitrogens is 2. The van der Waals surface area contributed by atoms with Gasteiger partial charge in [-0.15, -0.1) is 0 Å². The van der Waals surface area contributed by atoms with Crippen LogP contribution in [-0.4, -0.2) is 61.2 Å². The summed E-state index contributed by atoms with van der Waals surface area (Å²) in [5.41, 5.74) is 3.50. The Morgan fingerprint density at radius 1 is 1.14 bits per heavy atom. The van der Waals surface area contributed by atoms with Gasteiger partial charge in [-0.05, 0) is 23.8 Å². The van der Waals surface area contributed by atoms with E-state index in [1.807, 2.05) is 30.3 Å². The standard InChI is InChI=1S/C22H26BrN3O3/c1-28-9-7-26(8-10-29-2)15-18-13-17-11-16(14-24-22(17)25-18)12-21(27)19-5-3-4-6-20(19)23/h3-6,11,13-14H,7-10,12,15H2,1-2H3,(H,24,25). The molecule has 0 fully saturated rings. The van der Waals surface area contributed by atoms with Crippen molar-refractivity contribution in [2.45, 2.75) is 13.0 Å². The summed E-state index contributed by atoms with van der Waals surface area (Å²) >= 11 is 3.45. The highest BCUT2D eigenvalue weighted by Crippen LogP contribution is 2.20. The maximum Gasteiger partial charge on any atom is 0.168 e. The molecule has 6 nitrogen and oxygen atoms in total. The van der Waals surface area contributed by atoms with Gasteiger partial charge in [0.15, 0.2) is 5.78 Å². The quantitative estimate of drug-likeness (QED) is 0.441. The topological polar surface area (TPSA) is 67.5 Å². The fourth-order valence-electron chi connectivity index (χ4n) is 3.22. The summed E-state index contributed by atoms with van der Waals surface area (Å²) in [5, 5.41) is 1.01. The van der Waals surface area contributed by atoms with Crippen LogP contribution in [0.1, 0.15) is 21.6 Å². The molecule has 7 heteroatoms. The van der Waals surface area contributed by atoms with Crippen molar-refractivity contribution >= 4 is 32.7 Å². The van der Waals surface area contributed by atoms with E-state index in [9.17, 15) is 4.79 Å². The summed E-state index contributed by atoms with van der Waals surface area (Å²) < 4.78 is 11.2. The fraction of sp³-hybridized carbons (Fsp3) is 0.364. The number of nitrogens with one attached hydrogen (secondary N) is 1. The Bertz CT molecular complexity index is 949.